The van der Waals surface area contributed by atoms with Gasteiger partial charge in [-0.25, -0.2) is 0 Å². The molecule has 0 aliphatic carbocycles. The molecule has 0 amide bonds. The van der Waals surface area contributed by atoms with Gasteiger partial charge in [-0.15, -0.1) is 0 Å². The van der Waals surface area contributed by atoms with Gasteiger partial charge in [-0.05, 0) is 17.8 Å². The first kappa shape index (κ1) is 12.1. The van der Waals surface area contributed by atoms with Crippen molar-refractivity contribution in [3.63, 3.8) is 0 Å². The van der Waals surface area contributed by atoms with Crippen molar-refractivity contribution < 1.29 is 0 Å². The van der Waals surface area contributed by atoms with E-state index in [4.69, 9.17) is 7.85 Å². The van der Waals surface area contributed by atoms with E-state index in [2.05, 4.69) is 27.7 Å². The van der Waals surface area contributed by atoms with Crippen LogP contribution in [0.25, 0.3) is 0 Å². The zero-order chi connectivity index (χ0) is 9.61. The van der Waals surface area contributed by atoms with Crippen LogP contribution in [0.2, 0.25) is 6.32 Å². The minimum absolute atomic E-state index is 0.450. The van der Waals surface area contributed by atoms with Gasteiger partial charge in [0.1, 0.15) is 0 Å². The van der Waals surface area contributed by atoms with E-state index in [1.807, 2.05) is 0 Å². The SMILES string of the molecule is [B]CCC(C)(C)CC(CC)CC. The van der Waals surface area contributed by atoms with Gasteiger partial charge >= 0.3 is 0 Å². The Balaban J connectivity index is 3.84. The van der Waals surface area contributed by atoms with Crippen molar-refractivity contribution in [3.05, 3.63) is 0 Å². The Morgan fingerprint density at radius 3 is 2.00 bits per heavy atom. The summed E-state index contributed by atoms with van der Waals surface area (Å²) in [7, 11) is 5.57. The van der Waals surface area contributed by atoms with Crippen LogP contribution in [0.3, 0.4) is 0 Å². The maximum Gasteiger partial charge on any atom is 0.0653 e. The summed E-state index contributed by atoms with van der Waals surface area (Å²) < 4.78 is 0. The molecule has 0 nitrogen and oxygen atoms in total. The molecule has 0 aliphatic rings. The lowest BCUT2D eigenvalue weighted by molar-refractivity contribution is 0.248. The molecule has 0 spiro atoms. The molecule has 0 saturated carbocycles. The third kappa shape index (κ3) is 4.85. The molecule has 0 aliphatic heterocycles. The average molecular weight is 166 g/mol. The van der Waals surface area contributed by atoms with E-state index in [0.717, 1.165) is 18.7 Å². The fourth-order valence-electron chi connectivity index (χ4n) is 1.85. The molecule has 1 heteroatoms. The zero-order valence-electron chi connectivity index (χ0n) is 9.19. The van der Waals surface area contributed by atoms with Crippen molar-refractivity contribution in [2.75, 3.05) is 0 Å². The lowest BCUT2D eigenvalue weighted by Gasteiger charge is -2.28. The Morgan fingerprint density at radius 2 is 1.67 bits per heavy atom. The topological polar surface area (TPSA) is 0 Å². The molecule has 12 heavy (non-hydrogen) atoms. The molecule has 0 bridgehead atoms. The van der Waals surface area contributed by atoms with Crippen LogP contribution in [0, 0.1) is 11.3 Å². The number of rotatable bonds is 6. The molecule has 0 aromatic carbocycles. The van der Waals surface area contributed by atoms with Crippen LogP contribution in [0.15, 0.2) is 0 Å². The van der Waals surface area contributed by atoms with E-state index < -0.39 is 0 Å². The summed E-state index contributed by atoms with van der Waals surface area (Å²) in [5, 5.41) is 0. The maximum atomic E-state index is 5.57. The molecule has 0 aromatic rings. The van der Waals surface area contributed by atoms with E-state index in [1.54, 1.807) is 0 Å². The van der Waals surface area contributed by atoms with Gasteiger partial charge in [0, 0.05) is 0 Å². The van der Waals surface area contributed by atoms with Crippen molar-refractivity contribution in [2.24, 2.45) is 11.3 Å². The van der Waals surface area contributed by atoms with E-state index in [1.165, 1.54) is 19.3 Å². The van der Waals surface area contributed by atoms with Gasteiger partial charge in [0.2, 0.25) is 0 Å². The van der Waals surface area contributed by atoms with Gasteiger partial charge in [0.05, 0.1) is 7.85 Å². The van der Waals surface area contributed by atoms with Gasteiger partial charge < -0.3 is 0 Å². The average Bonchev–Trinajstić information content (AvgIpc) is 2.00. The number of hydrogen-bond donors (Lipinski definition) is 0. The van der Waals surface area contributed by atoms with Crippen molar-refractivity contribution >= 4 is 7.85 Å². The normalized spacial score (nSPS) is 12.4. The van der Waals surface area contributed by atoms with Gasteiger partial charge in [0.25, 0.3) is 0 Å². The third-order valence-corrected chi connectivity index (χ3v) is 2.82. The van der Waals surface area contributed by atoms with Gasteiger partial charge in [-0.3, -0.25) is 0 Å². The smallest absolute Gasteiger partial charge is 0.0653 e. The molecule has 0 saturated heterocycles. The Hall–Kier alpha value is 0.0649. The summed E-state index contributed by atoms with van der Waals surface area (Å²) in [5.74, 6) is 0.895. The maximum absolute atomic E-state index is 5.57. The second-order valence-corrected chi connectivity index (χ2v) is 4.59. The van der Waals surface area contributed by atoms with Crippen LogP contribution < -0.4 is 0 Å². The summed E-state index contributed by atoms with van der Waals surface area (Å²) in [6, 6.07) is 0. The molecular weight excluding hydrogens is 143 g/mol. The Kier molecular flexibility index (Phi) is 5.70. The van der Waals surface area contributed by atoms with Gasteiger partial charge in [-0.2, -0.15) is 0 Å². The van der Waals surface area contributed by atoms with Crippen LogP contribution in [-0.2, 0) is 0 Å². The predicted octanol–water partition coefficient (Wildman–Crippen LogP) is 3.82. The Labute approximate surface area is 79.5 Å². The molecule has 0 aromatic heterocycles. The van der Waals surface area contributed by atoms with E-state index in [-0.39, 0.29) is 0 Å². The lowest BCUT2D eigenvalue weighted by Crippen LogP contribution is -2.16. The van der Waals surface area contributed by atoms with E-state index in [0.29, 0.717) is 5.41 Å². The number of hydrogen-bond acceptors (Lipinski definition) is 0. The van der Waals surface area contributed by atoms with Crippen molar-refractivity contribution in [2.45, 2.75) is 59.7 Å². The van der Waals surface area contributed by atoms with Crippen LogP contribution in [0.4, 0.5) is 0 Å². The third-order valence-electron chi connectivity index (χ3n) is 2.82. The van der Waals surface area contributed by atoms with Crippen molar-refractivity contribution in [1.29, 1.82) is 0 Å². The highest BCUT2D eigenvalue weighted by Gasteiger charge is 2.20. The van der Waals surface area contributed by atoms with Crippen molar-refractivity contribution in [1.82, 2.24) is 0 Å². The summed E-state index contributed by atoms with van der Waals surface area (Å²) in [6.45, 7) is 9.23. The molecule has 0 unspecified atom stereocenters. The highest BCUT2D eigenvalue weighted by atomic mass is 14.2. The predicted molar refractivity (Wildman–Crippen MR) is 57.6 cm³/mol. The molecule has 0 N–H and O–H groups in total. The molecule has 0 rings (SSSR count). The van der Waals surface area contributed by atoms with Crippen molar-refractivity contribution in [3.8, 4) is 0 Å². The van der Waals surface area contributed by atoms with Crippen LogP contribution in [-0.4, -0.2) is 7.85 Å². The summed E-state index contributed by atoms with van der Waals surface area (Å²) in [6.07, 6.45) is 5.93. The zero-order valence-corrected chi connectivity index (χ0v) is 9.19. The van der Waals surface area contributed by atoms with E-state index >= 15 is 0 Å². The first-order chi connectivity index (χ1) is 5.55. The largest absolute Gasteiger partial charge is 0.0882 e. The van der Waals surface area contributed by atoms with Gasteiger partial charge in [-0.1, -0.05) is 53.3 Å². The molecule has 0 fully saturated rings. The first-order valence-corrected chi connectivity index (χ1v) is 5.25. The molecule has 0 heterocycles. The second-order valence-electron chi connectivity index (χ2n) is 4.59. The summed E-state index contributed by atoms with van der Waals surface area (Å²) >= 11 is 0. The van der Waals surface area contributed by atoms with Crippen LogP contribution in [0.5, 0.6) is 0 Å². The molecular formula is C11H23B. The minimum Gasteiger partial charge on any atom is -0.0882 e. The molecule has 0 atom stereocenters. The lowest BCUT2D eigenvalue weighted by atomic mass is 9.75. The molecule has 70 valence electrons. The second kappa shape index (κ2) is 5.67. The fourth-order valence-corrected chi connectivity index (χ4v) is 1.85. The Bertz CT molecular complexity index is 104. The molecule has 2 radical (unpaired) electrons. The van der Waals surface area contributed by atoms with Crippen LogP contribution >= 0.6 is 0 Å². The fraction of sp³-hybridized carbons (Fsp3) is 1.00. The Morgan fingerprint density at radius 1 is 1.17 bits per heavy atom. The summed E-state index contributed by atoms with van der Waals surface area (Å²) in [5.41, 5.74) is 0.450. The first-order valence-electron chi connectivity index (χ1n) is 5.25. The quantitative estimate of drug-likeness (QED) is 0.526. The van der Waals surface area contributed by atoms with Gasteiger partial charge in [0.15, 0.2) is 0 Å². The van der Waals surface area contributed by atoms with E-state index in [9.17, 15) is 0 Å². The van der Waals surface area contributed by atoms with Crippen LogP contribution in [0.1, 0.15) is 53.4 Å². The highest BCUT2D eigenvalue weighted by Crippen LogP contribution is 2.32. The minimum atomic E-state index is 0.450. The monoisotopic (exact) mass is 166 g/mol. The summed E-state index contributed by atoms with van der Waals surface area (Å²) in [4.78, 5) is 0. The standard InChI is InChI=1S/C11H23B/c1-5-10(6-2)9-11(3,4)7-8-12/h10H,5-9H2,1-4H3. The highest BCUT2D eigenvalue weighted by molar-refractivity contribution is 6.08.